The molecule has 1 unspecified atom stereocenters. The van der Waals surface area contributed by atoms with Gasteiger partial charge in [-0.15, -0.1) is 0 Å². The summed E-state index contributed by atoms with van der Waals surface area (Å²) in [7, 11) is 1.58. The number of aliphatic hydroxyl groups excluding tert-OH is 1. The van der Waals surface area contributed by atoms with E-state index in [4.69, 9.17) is 4.74 Å². The highest BCUT2D eigenvalue weighted by atomic mass is 16.5. The second-order valence-corrected chi connectivity index (χ2v) is 6.41. The van der Waals surface area contributed by atoms with E-state index in [1.165, 1.54) is 4.90 Å². The van der Waals surface area contributed by atoms with Crippen LogP contribution in [0, 0.1) is 0 Å². The fourth-order valence-electron chi connectivity index (χ4n) is 3.34. The lowest BCUT2D eigenvalue weighted by Crippen LogP contribution is -2.31. The first-order valence-electron chi connectivity index (χ1n) is 9.04. The van der Waals surface area contributed by atoms with Gasteiger partial charge >= 0.3 is 0 Å². The largest absolute Gasteiger partial charge is 0.503 e. The number of ether oxygens (including phenoxy) is 1. The van der Waals surface area contributed by atoms with Crippen LogP contribution in [0.4, 0.5) is 5.69 Å². The van der Waals surface area contributed by atoms with Crippen molar-refractivity contribution in [3.05, 3.63) is 71.0 Å². The first-order chi connectivity index (χ1) is 13.0. The van der Waals surface area contributed by atoms with Crippen LogP contribution in [0.2, 0.25) is 0 Å². The van der Waals surface area contributed by atoms with Gasteiger partial charge in [0.15, 0.2) is 11.5 Å². The molecule has 1 heterocycles. The Balaban J connectivity index is 2.12. The lowest BCUT2D eigenvalue weighted by Gasteiger charge is -2.27. The van der Waals surface area contributed by atoms with Crippen LogP contribution in [0.1, 0.15) is 37.4 Å². The second-order valence-electron chi connectivity index (χ2n) is 6.41. The third kappa shape index (κ3) is 3.33. The number of carbonyl (C=O) groups excluding carboxylic acids is 2. The Morgan fingerprint density at radius 3 is 2.22 bits per heavy atom. The summed E-state index contributed by atoms with van der Waals surface area (Å²) in [6.45, 7) is 3.78. The number of hydrogen-bond acceptors (Lipinski definition) is 4. The summed E-state index contributed by atoms with van der Waals surface area (Å²) in [5.41, 5.74) is 2.67. The Morgan fingerprint density at radius 1 is 1.07 bits per heavy atom. The minimum absolute atomic E-state index is 0.146. The SMILES string of the molecule is CCC(=O)C1=C(O)C(=O)N(c2ccc(CC)cc2)C1c1ccc(OC)cc1. The van der Waals surface area contributed by atoms with E-state index in [1.54, 1.807) is 26.2 Å². The van der Waals surface area contributed by atoms with E-state index in [0.29, 0.717) is 11.4 Å². The molecule has 0 spiro atoms. The van der Waals surface area contributed by atoms with Gasteiger partial charge < -0.3 is 9.84 Å². The fraction of sp³-hybridized carbons (Fsp3) is 0.273. The summed E-state index contributed by atoms with van der Waals surface area (Å²) in [5.74, 6) is -0.591. The smallest absolute Gasteiger partial charge is 0.294 e. The van der Waals surface area contributed by atoms with Crippen LogP contribution in [0.15, 0.2) is 59.9 Å². The van der Waals surface area contributed by atoms with E-state index in [9.17, 15) is 14.7 Å². The Kier molecular flexibility index (Phi) is 5.31. The summed E-state index contributed by atoms with van der Waals surface area (Å²) >= 11 is 0. The van der Waals surface area contributed by atoms with Crippen LogP contribution in [0.3, 0.4) is 0 Å². The van der Waals surface area contributed by atoms with Crippen molar-refractivity contribution in [1.82, 2.24) is 0 Å². The normalized spacial score (nSPS) is 16.8. The third-order valence-corrected chi connectivity index (χ3v) is 4.88. The number of nitrogens with zero attached hydrogens (tertiary/aromatic N) is 1. The van der Waals surface area contributed by atoms with E-state index >= 15 is 0 Å². The summed E-state index contributed by atoms with van der Waals surface area (Å²) in [6.07, 6.45) is 1.10. The highest BCUT2D eigenvalue weighted by Gasteiger charge is 2.43. The topological polar surface area (TPSA) is 66.8 Å². The number of aliphatic hydroxyl groups is 1. The molecule has 0 aliphatic carbocycles. The Labute approximate surface area is 158 Å². The summed E-state index contributed by atoms with van der Waals surface area (Å²) in [6, 6.07) is 14.1. The van der Waals surface area contributed by atoms with E-state index in [-0.39, 0.29) is 17.8 Å². The molecule has 0 bridgehead atoms. The lowest BCUT2D eigenvalue weighted by molar-refractivity contribution is -0.118. The maximum Gasteiger partial charge on any atom is 0.294 e. The van der Waals surface area contributed by atoms with Gasteiger partial charge in [0.2, 0.25) is 0 Å². The Hall–Kier alpha value is -3.08. The molecule has 140 valence electrons. The number of amides is 1. The lowest BCUT2D eigenvalue weighted by atomic mass is 9.94. The molecule has 2 aromatic rings. The molecule has 1 N–H and O–H groups in total. The van der Waals surface area contributed by atoms with Crippen molar-refractivity contribution in [2.75, 3.05) is 12.0 Å². The van der Waals surface area contributed by atoms with Crippen molar-refractivity contribution in [2.24, 2.45) is 0 Å². The average molecular weight is 365 g/mol. The van der Waals surface area contributed by atoms with Gasteiger partial charge in [0, 0.05) is 12.1 Å². The number of benzene rings is 2. The van der Waals surface area contributed by atoms with Gasteiger partial charge in [0.05, 0.1) is 18.7 Å². The van der Waals surface area contributed by atoms with Gasteiger partial charge in [-0.3, -0.25) is 14.5 Å². The van der Waals surface area contributed by atoms with Crippen LogP contribution in [0.5, 0.6) is 5.75 Å². The first-order valence-corrected chi connectivity index (χ1v) is 9.04. The van der Waals surface area contributed by atoms with Crippen molar-refractivity contribution >= 4 is 17.4 Å². The number of anilines is 1. The van der Waals surface area contributed by atoms with Crippen LogP contribution >= 0.6 is 0 Å². The molecule has 0 saturated carbocycles. The number of ketones is 1. The maximum absolute atomic E-state index is 12.8. The van der Waals surface area contributed by atoms with Crippen molar-refractivity contribution in [1.29, 1.82) is 0 Å². The first kappa shape index (κ1) is 18.7. The van der Waals surface area contributed by atoms with E-state index in [2.05, 4.69) is 6.92 Å². The number of Topliss-reactive ketones (excluding diaryl/α,β-unsaturated/α-hetero) is 1. The summed E-state index contributed by atoms with van der Waals surface area (Å²) < 4.78 is 5.20. The molecule has 0 saturated heterocycles. The van der Waals surface area contributed by atoms with E-state index in [0.717, 1.165) is 17.5 Å². The van der Waals surface area contributed by atoms with E-state index < -0.39 is 17.7 Å². The molecule has 0 fully saturated rings. The van der Waals surface area contributed by atoms with Gasteiger partial charge in [0.25, 0.3) is 5.91 Å². The monoisotopic (exact) mass is 365 g/mol. The predicted molar refractivity (Wildman–Crippen MR) is 104 cm³/mol. The van der Waals surface area contributed by atoms with Gasteiger partial charge in [-0.25, -0.2) is 0 Å². The number of methoxy groups -OCH3 is 1. The van der Waals surface area contributed by atoms with Crippen molar-refractivity contribution < 1.29 is 19.4 Å². The average Bonchev–Trinajstić information content (AvgIpc) is 2.98. The predicted octanol–water partition coefficient (Wildman–Crippen LogP) is 4.14. The van der Waals surface area contributed by atoms with Crippen molar-refractivity contribution in [3.63, 3.8) is 0 Å². The van der Waals surface area contributed by atoms with Crippen LogP contribution in [-0.2, 0) is 16.0 Å². The molecule has 2 aromatic carbocycles. The highest BCUT2D eigenvalue weighted by molar-refractivity contribution is 6.16. The molecule has 5 nitrogen and oxygen atoms in total. The molecule has 1 aliphatic heterocycles. The fourth-order valence-corrected chi connectivity index (χ4v) is 3.34. The van der Waals surface area contributed by atoms with Gasteiger partial charge in [-0.05, 0) is 41.8 Å². The molecule has 1 aliphatic rings. The zero-order valence-electron chi connectivity index (χ0n) is 15.7. The zero-order valence-corrected chi connectivity index (χ0v) is 15.7. The molecule has 5 heteroatoms. The minimum Gasteiger partial charge on any atom is -0.503 e. The Morgan fingerprint density at radius 2 is 1.70 bits per heavy atom. The molecule has 0 radical (unpaired) electrons. The van der Waals surface area contributed by atoms with Crippen LogP contribution in [0.25, 0.3) is 0 Å². The number of hydrogen-bond donors (Lipinski definition) is 1. The second kappa shape index (κ2) is 7.66. The van der Waals surface area contributed by atoms with Crippen molar-refractivity contribution in [3.8, 4) is 5.75 Å². The molecule has 3 rings (SSSR count). The van der Waals surface area contributed by atoms with Crippen molar-refractivity contribution in [2.45, 2.75) is 32.7 Å². The van der Waals surface area contributed by atoms with E-state index in [1.807, 2.05) is 36.4 Å². The summed E-state index contributed by atoms with van der Waals surface area (Å²) in [4.78, 5) is 26.9. The van der Waals surface area contributed by atoms with Gasteiger partial charge in [-0.2, -0.15) is 0 Å². The molecular weight excluding hydrogens is 342 g/mol. The van der Waals surface area contributed by atoms with Crippen LogP contribution < -0.4 is 9.64 Å². The quantitative estimate of drug-likeness (QED) is 0.836. The zero-order chi connectivity index (χ0) is 19.6. The maximum atomic E-state index is 12.8. The standard InChI is InChI=1S/C22H23NO4/c1-4-14-6-10-16(11-7-14)23-20(15-8-12-17(27-3)13-9-15)19(18(24)5-2)21(25)22(23)26/h6-13,20,25H,4-5H2,1-3H3. The highest BCUT2D eigenvalue weighted by Crippen LogP contribution is 2.41. The van der Waals surface area contributed by atoms with Gasteiger partial charge in [-0.1, -0.05) is 38.1 Å². The molecule has 1 amide bonds. The molecule has 27 heavy (non-hydrogen) atoms. The molecule has 1 atom stereocenters. The number of carbonyl (C=O) groups is 2. The summed E-state index contributed by atoms with van der Waals surface area (Å²) in [5, 5.41) is 10.5. The Bertz CT molecular complexity index is 882. The van der Waals surface area contributed by atoms with Gasteiger partial charge in [0.1, 0.15) is 5.75 Å². The number of aryl methyl sites for hydroxylation is 1. The number of rotatable bonds is 6. The molecular formula is C22H23NO4. The third-order valence-electron chi connectivity index (χ3n) is 4.88. The molecule has 0 aromatic heterocycles. The minimum atomic E-state index is -0.664. The van der Waals surface area contributed by atoms with Crippen LogP contribution in [-0.4, -0.2) is 23.9 Å².